The molecule has 0 atom stereocenters. The van der Waals surface area contributed by atoms with Crippen molar-refractivity contribution >= 4 is 11.6 Å². The fourth-order valence-electron chi connectivity index (χ4n) is 2.54. The highest BCUT2D eigenvalue weighted by molar-refractivity contribution is 6.05. The van der Waals surface area contributed by atoms with Gasteiger partial charge in [0.1, 0.15) is 12.7 Å². The fraction of sp³-hybridized carbons (Fsp3) is 0.211. The first-order chi connectivity index (χ1) is 11.5. The van der Waals surface area contributed by atoms with Crippen LogP contribution >= 0.6 is 0 Å². The highest BCUT2D eigenvalue weighted by Gasteiger charge is 2.11. The Labute approximate surface area is 141 Å². The number of aromatic nitrogens is 3. The summed E-state index contributed by atoms with van der Waals surface area (Å²) in [5, 5.41) is 7.04. The Morgan fingerprint density at radius 1 is 1.12 bits per heavy atom. The van der Waals surface area contributed by atoms with Crippen molar-refractivity contribution in [2.45, 2.75) is 26.7 Å². The smallest absolute Gasteiger partial charge is 0.255 e. The maximum absolute atomic E-state index is 12.5. The van der Waals surface area contributed by atoms with Gasteiger partial charge in [-0.25, -0.2) is 9.67 Å². The van der Waals surface area contributed by atoms with E-state index < -0.39 is 0 Å². The third-order valence-corrected chi connectivity index (χ3v) is 3.97. The lowest BCUT2D eigenvalue weighted by atomic mass is 10.0. The van der Waals surface area contributed by atoms with Gasteiger partial charge in [0.2, 0.25) is 0 Å². The fourth-order valence-corrected chi connectivity index (χ4v) is 2.54. The van der Waals surface area contributed by atoms with Gasteiger partial charge >= 0.3 is 0 Å². The molecule has 5 heteroatoms. The van der Waals surface area contributed by atoms with Gasteiger partial charge < -0.3 is 5.32 Å². The highest BCUT2D eigenvalue weighted by atomic mass is 16.1. The highest BCUT2D eigenvalue weighted by Crippen LogP contribution is 2.19. The minimum absolute atomic E-state index is 0.116. The van der Waals surface area contributed by atoms with Crippen molar-refractivity contribution in [3.05, 3.63) is 71.8 Å². The number of benzene rings is 2. The zero-order valence-corrected chi connectivity index (χ0v) is 14.0. The second kappa shape index (κ2) is 6.66. The van der Waals surface area contributed by atoms with E-state index in [1.54, 1.807) is 11.0 Å². The molecule has 122 valence electrons. The van der Waals surface area contributed by atoms with E-state index in [0.717, 1.165) is 16.9 Å². The van der Waals surface area contributed by atoms with Crippen molar-refractivity contribution in [3.8, 4) is 5.69 Å². The third kappa shape index (κ3) is 3.35. The summed E-state index contributed by atoms with van der Waals surface area (Å²) in [6.45, 7) is 6.21. The average Bonchev–Trinajstić information content (AvgIpc) is 3.09. The molecule has 0 unspecified atom stereocenters. The SMILES string of the molecule is Cc1cc(-n2cncn2)ccc1C(=O)Nc1ccc(C(C)C)cc1. The first-order valence-electron chi connectivity index (χ1n) is 7.91. The Morgan fingerprint density at radius 2 is 1.88 bits per heavy atom. The summed E-state index contributed by atoms with van der Waals surface area (Å²) in [6, 6.07) is 13.6. The van der Waals surface area contributed by atoms with Crippen molar-refractivity contribution in [2.75, 3.05) is 5.32 Å². The van der Waals surface area contributed by atoms with Crippen molar-refractivity contribution in [3.63, 3.8) is 0 Å². The lowest BCUT2D eigenvalue weighted by molar-refractivity contribution is 0.102. The van der Waals surface area contributed by atoms with Crippen LogP contribution in [0.15, 0.2) is 55.1 Å². The number of amides is 1. The van der Waals surface area contributed by atoms with E-state index in [-0.39, 0.29) is 5.91 Å². The summed E-state index contributed by atoms with van der Waals surface area (Å²) in [5.41, 5.74) is 4.46. The topological polar surface area (TPSA) is 59.8 Å². The minimum Gasteiger partial charge on any atom is -0.322 e. The molecule has 0 aliphatic rings. The molecular weight excluding hydrogens is 300 g/mol. The number of nitrogens with one attached hydrogen (secondary N) is 1. The van der Waals surface area contributed by atoms with Gasteiger partial charge in [-0.15, -0.1) is 0 Å². The Bertz CT molecular complexity index is 836. The molecule has 24 heavy (non-hydrogen) atoms. The van der Waals surface area contributed by atoms with Crippen molar-refractivity contribution in [1.82, 2.24) is 14.8 Å². The Hall–Kier alpha value is -2.95. The molecule has 0 fully saturated rings. The molecule has 0 aliphatic heterocycles. The zero-order chi connectivity index (χ0) is 17.1. The zero-order valence-electron chi connectivity index (χ0n) is 14.0. The molecule has 5 nitrogen and oxygen atoms in total. The van der Waals surface area contributed by atoms with Gasteiger partial charge in [0, 0.05) is 11.3 Å². The monoisotopic (exact) mass is 320 g/mol. The van der Waals surface area contributed by atoms with Crippen LogP contribution in [0.4, 0.5) is 5.69 Å². The summed E-state index contributed by atoms with van der Waals surface area (Å²) >= 11 is 0. The van der Waals surface area contributed by atoms with Crippen LogP contribution in [0, 0.1) is 6.92 Å². The molecular formula is C19H20N4O. The summed E-state index contributed by atoms with van der Waals surface area (Å²) in [7, 11) is 0. The Kier molecular flexibility index (Phi) is 4.42. The number of rotatable bonds is 4. The van der Waals surface area contributed by atoms with Gasteiger partial charge in [-0.05, 0) is 54.3 Å². The van der Waals surface area contributed by atoms with Gasteiger partial charge in [0.05, 0.1) is 5.69 Å². The van der Waals surface area contributed by atoms with Crippen LogP contribution in [-0.4, -0.2) is 20.7 Å². The molecule has 1 N–H and O–H groups in total. The summed E-state index contributed by atoms with van der Waals surface area (Å²) < 4.78 is 1.67. The first-order valence-corrected chi connectivity index (χ1v) is 7.91. The lowest BCUT2D eigenvalue weighted by Gasteiger charge is -2.11. The maximum Gasteiger partial charge on any atom is 0.255 e. The molecule has 1 heterocycles. The quantitative estimate of drug-likeness (QED) is 0.792. The van der Waals surface area contributed by atoms with Crippen LogP contribution in [-0.2, 0) is 0 Å². The molecule has 3 rings (SSSR count). The molecule has 1 aromatic heterocycles. The standard InChI is InChI=1S/C19H20N4O/c1-13(2)15-4-6-16(7-5-15)22-19(24)18-9-8-17(10-14(18)3)23-12-20-11-21-23/h4-13H,1-3H3,(H,22,24). The molecule has 0 bridgehead atoms. The van der Waals surface area contributed by atoms with Gasteiger partial charge in [-0.1, -0.05) is 26.0 Å². The number of anilines is 1. The van der Waals surface area contributed by atoms with Crippen LogP contribution in [0.5, 0.6) is 0 Å². The van der Waals surface area contributed by atoms with Gasteiger partial charge in [0.25, 0.3) is 5.91 Å². The van der Waals surface area contributed by atoms with Gasteiger partial charge in [-0.2, -0.15) is 5.10 Å². The largest absolute Gasteiger partial charge is 0.322 e. The van der Waals surface area contributed by atoms with E-state index in [9.17, 15) is 4.79 Å². The van der Waals surface area contributed by atoms with Gasteiger partial charge in [0.15, 0.2) is 0 Å². The number of hydrogen-bond acceptors (Lipinski definition) is 3. The number of carbonyl (C=O) groups is 1. The predicted molar refractivity (Wildman–Crippen MR) is 94.6 cm³/mol. The number of aryl methyl sites for hydroxylation is 1. The molecule has 0 saturated carbocycles. The second-order valence-electron chi connectivity index (χ2n) is 6.07. The van der Waals surface area contributed by atoms with E-state index in [0.29, 0.717) is 11.5 Å². The molecule has 0 saturated heterocycles. The second-order valence-corrected chi connectivity index (χ2v) is 6.07. The molecule has 1 amide bonds. The summed E-state index contributed by atoms with van der Waals surface area (Å²) in [6.07, 6.45) is 3.11. The predicted octanol–water partition coefficient (Wildman–Crippen LogP) is 3.95. The van der Waals surface area contributed by atoms with Crippen molar-refractivity contribution < 1.29 is 4.79 Å². The molecule has 0 spiro atoms. The summed E-state index contributed by atoms with van der Waals surface area (Å²) in [4.78, 5) is 16.4. The number of carbonyl (C=O) groups excluding carboxylic acids is 1. The molecule has 3 aromatic rings. The van der Waals surface area contributed by atoms with E-state index in [1.807, 2.05) is 49.4 Å². The van der Waals surface area contributed by atoms with Crippen LogP contribution < -0.4 is 5.32 Å². The number of nitrogens with zero attached hydrogens (tertiary/aromatic N) is 3. The van der Waals surface area contributed by atoms with E-state index in [2.05, 4.69) is 29.2 Å². The molecule has 0 aliphatic carbocycles. The van der Waals surface area contributed by atoms with Crippen LogP contribution in [0.25, 0.3) is 5.69 Å². The van der Waals surface area contributed by atoms with Crippen LogP contribution in [0.3, 0.4) is 0 Å². The average molecular weight is 320 g/mol. The Balaban J connectivity index is 1.77. The van der Waals surface area contributed by atoms with Crippen molar-refractivity contribution in [2.24, 2.45) is 0 Å². The lowest BCUT2D eigenvalue weighted by Crippen LogP contribution is -2.13. The van der Waals surface area contributed by atoms with Crippen molar-refractivity contribution in [1.29, 1.82) is 0 Å². The summed E-state index contributed by atoms with van der Waals surface area (Å²) in [5.74, 6) is 0.358. The Morgan fingerprint density at radius 3 is 2.46 bits per heavy atom. The van der Waals surface area contributed by atoms with Crippen LogP contribution in [0.1, 0.15) is 41.3 Å². The number of hydrogen-bond donors (Lipinski definition) is 1. The van der Waals surface area contributed by atoms with E-state index in [1.165, 1.54) is 11.9 Å². The first kappa shape index (κ1) is 15.9. The minimum atomic E-state index is -0.116. The van der Waals surface area contributed by atoms with Crippen LogP contribution in [0.2, 0.25) is 0 Å². The molecule has 0 radical (unpaired) electrons. The van der Waals surface area contributed by atoms with E-state index >= 15 is 0 Å². The van der Waals surface area contributed by atoms with Gasteiger partial charge in [-0.3, -0.25) is 4.79 Å². The van der Waals surface area contributed by atoms with E-state index in [4.69, 9.17) is 0 Å². The maximum atomic E-state index is 12.5. The molecule has 2 aromatic carbocycles. The normalized spacial score (nSPS) is 10.8. The third-order valence-electron chi connectivity index (χ3n) is 3.97.